The maximum atomic E-state index is 12.8. The van der Waals surface area contributed by atoms with Gasteiger partial charge in [0.2, 0.25) is 0 Å². The number of carbonyl (C=O) groups is 1. The first-order valence-electron chi connectivity index (χ1n) is 6.86. The van der Waals surface area contributed by atoms with Crippen molar-refractivity contribution in [2.24, 2.45) is 5.73 Å². The lowest BCUT2D eigenvalue weighted by molar-refractivity contribution is 0.0530. The van der Waals surface area contributed by atoms with Gasteiger partial charge in [-0.05, 0) is 12.1 Å². The number of nitrogens with zero attached hydrogens (tertiary/aromatic N) is 2. The van der Waals surface area contributed by atoms with Crippen molar-refractivity contribution in [2.45, 2.75) is 19.4 Å². The zero-order chi connectivity index (χ0) is 15.9. The molecule has 1 heterocycles. The topological polar surface area (TPSA) is 59.2 Å². The maximum Gasteiger partial charge on any atom is 0.273 e. The minimum Gasteiger partial charge on any atom is -0.330 e. The third-order valence-electron chi connectivity index (χ3n) is 2.99. The van der Waals surface area contributed by atoms with Crippen LogP contribution in [0, 0.1) is 0 Å². The molecule has 0 fully saturated rings. The van der Waals surface area contributed by atoms with Crippen molar-refractivity contribution in [1.82, 2.24) is 9.88 Å². The van der Waals surface area contributed by atoms with Gasteiger partial charge >= 0.3 is 0 Å². The van der Waals surface area contributed by atoms with Crippen LogP contribution in [0.4, 0.5) is 8.78 Å². The fraction of sp³-hybridized carbons (Fsp3) is 0.333. The zero-order valence-corrected chi connectivity index (χ0v) is 12.7. The molecular formula is C15H17F2N3OS. The molecule has 0 spiro atoms. The Hall–Kier alpha value is -1.86. The number of hydrogen-bond acceptors (Lipinski definition) is 4. The maximum absolute atomic E-state index is 12.8. The van der Waals surface area contributed by atoms with E-state index < -0.39 is 18.9 Å². The van der Waals surface area contributed by atoms with E-state index in [0.717, 1.165) is 15.5 Å². The molecule has 7 heteroatoms. The quantitative estimate of drug-likeness (QED) is 0.851. The highest BCUT2D eigenvalue weighted by atomic mass is 32.1. The number of rotatable bonds is 7. The van der Waals surface area contributed by atoms with Crippen LogP contribution in [-0.2, 0) is 13.0 Å². The fourth-order valence-corrected chi connectivity index (χ4v) is 2.79. The van der Waals surface area contributed by atoms with Gasteiger partial charge in [-0.25, -0.2) is 13.8 Å². The van der Waals surface area contributed by atoms with Crippen LogP contribution in [0.15, 0.2) is 35.7 Å². The Morgan fingerprint density at radius 1 is 1.32 bits per heavy atom. The van der Waals surface area contributed by atoms with Crippen molar-refractivity contribution in [3.63, 3.8) is 0 Å². The van der Waals surface area contributed by atoms with Gasteiger partial charge in [0.15, 0.2) is 0 Å². The predicted octanol–water partition coefficient (Wildman–Crippen LogP) is 2.55. The highest BCUT2D eigenvalue weighted by Crippen LogP contribution is 2.15. The lowest BCUT2D eigenvalue weighted by Gasteiger charge is -2.21. The number of alkyl halides is 2. The lowest BCUT2D eigenvalue weighted by Crippen LogP contribution is -2.34. The number of benzene rings is 1. The van der Waals surface area contributed by atoms with E-state index in [1.54, 1.807) is 17.5 Å². The molecule has 22 heavy (non-hydrogen) atoms. The Bertz CT molecular complexity index is 604. The van der Waals surface area contributed by atoms with E-state index in [0.29, 0.717) is 13.0 Å². The Morgan fingerprint density at radius 3 is 2.68 bits per heavy atom. The van der Waals surface area contributed by atoms with Crippen molar-refractivity contribution in [3.05, 3.63) is 52.0 Å². The Kier molecular flexibility index (Phi) is 5.97. The summed E-state index contributed by atoms with van der Waals surface area (Å²) in [7, 11) is 0. The van der Waals surface area contributed by atoms with Crippen molar-refractivity contribution < 1.29 is 13.6 Å². The van der Waals surface area contributed by atoms with E-state index in [2.05, 4.69) is 4.98 Å². The number of hydrogen-bond donors (Lipinski definition) is 1. The molecule has 1 aromatic heterocycles. The number of nitrogens with two attached hydrogens (primary N) is 1. The molecule has 1 aromatic carbocycles. The second-order valence-electron chi connectivity index (χ2n) is 4.73. The number of carbonyl (C=O) groups excluding carboxylic acids is 1. The van der Waals surface area contributed by atoms with E-state index in [-0.39, 0.29) is 12.2 Å². The van der Waals surface area contributed by atoms with Crippen LogP contribution >= 0.6 is 11.3 Å². The molecular weight excluding hydrogens is 308 g/mol. The normalized spacial score (nSPS) is 10.9. The number of amides is 1. The van der Waals surface area contributed by atoms with Crippen molar-refractivity contribution >= 4 is 17.2 Å². The average Bonchev–Trinajstić information content (AvgIpc) is 2.95. The van der Waals surface area contributed by atoms with Gasteiger partial charge in [-0.2, -0.15) is 0 Å². The molecule has 0 aliphatic heterocycles. The van der Waals surface area contributed by atoms with Crippen LogP contribution in [-0.4, -0.2) is 35.3 Å². The summed E-state index contributed by atoms with van der Waals surface area (Å²) < 4.78 is 25.5. The molecule has 0 saturated carbocycles. The first-order chi connectivity index (χ1) is 10.6. The third-order valence-corrected chi connectivity index (χ3v) is 3.90. The molecule has 0 radical (unpaired) electrons. The van der Waals surface area contributed by atoms with Gasteiger partial charge in [-0.15, -0.1) is 11.3 Å². The molecule has 2 rings (SSSR count). The van der Waals surface area contributed by atoms with E-state index in [1.165, 1.54) is 11.3 Å². The van der Waals surface area contributed by atoms with Crippen LogP contribution in [0.1, 0.15) is 21.1 Å². The molecule has 0 bridgehead atoms. The summed E-state index contributed by atoms with van der Waals surface area (Å²) in [6, 6.07) is 9.05. The first kappa shape index (κ1) is 16.5. The molecule has 4 nitrogen and oxygen atoms in total. The third kappa shape index (κ3) is 4.57. The first-order valence-corrected chi connectivity index (χ1v) is 7.74. The summed E-state index contributed by atoms with van der Waals surface area (Å²) in [5.74, 6) is -0.483. The molecule has 0 saturated heterocycles. The van der Waals surface area contributed by atoms with Gasteiger partial charge in [0.1, 0.15) is 5.69 Å². The summed E-state index contributed by atoms with van der Waals surface area (Å²) in [4.78, 5) is 17.7. The minimum absolute atomic E-state index is 0.133. The van der Waals surface area contributed by atoms with Gasteiger partial charge in [0, 0.05) is 18.3 Å². The highest BCUT2D eigenvalue weighted by Gasteiger charge is 2.22. The largest absolute Gasteiger partial charge is 0.330 e. The van der Waals surface area contributed by atoms with Crippen molar-refractivity contribution in [3.8, 4) is 0 Å². The van der Waals surface area contributed by atoms with Gasteiger partial charge in [0.05, 0.1) is 11.6 Å². The molecule has 0 unspecified atom stereocenters. The monoisotopic (exact) mass is 325 g/mol. The standard InChI is InChI=1S/C15H17F2N3OS/c16-13(17)9-20(8-11-4-2-1-3-5-11)15(21)12-10-22-14(19-12)6-7-18/h1-5,10,13H,6-9,18H2. The summed E-state index contributed by atoms with van der Waals surface area (Å²) >= 11 is 1.32. The molecule has 2 N–H and O–H groups in total. The SMILES string of the molecule is NCCc1nc(C(=O)N(Cc2ccccc2)CC(F)F)cs1. The van der Waals surface area contributed by atoms with Crippen molar-refractivity contribution in [1.29, 1.82) is 0 Å². The van der Waals surface area contributed by atoms with Crippen molar-refractivity contribution in [2.75, 3.05) is 13.1 Å². The van der Waals surface area contributed by atoms with Gasteiger partial charge in [-0.1, -0.05) is 30.3 Å². The number of halogens is 2. The van der Waals surface area contributed by atoms with E-state index in [9.17, 15) is 13.6 Å². The Labute approximate surface area is 131 Å². The summed E-state index contributed by atoms with van der Waals surface area (Å²) in [6.45, 7) is -0.0445. The van der Waals surface area contributed by atoms with E-state index in [1.807, 2.05) is 18.2 Å². The Balaban J connectivity index is 2.14. The van der Waals surface area contributed by atoms with Gasteiger partial charge < -0.3 is 10.6 Å². The van der Waals surface area contributed by atoms with E-state index >= 15 is 0 Å². The van der Waals surface area contributed by atoms with Crippen LogP contribution in [0.25, 0.3) is 0 Å². The number of thiazole rings is 1. The van der Waals surface area contributed by atoms with Crippen LogP contribution in [0.3, 0.4) is 0 Å². The molecule has 0 aliphatic carbocycles. The summed E-state index contributed by atoms with van der Waals surface area (Å²) in [5, 5.41) is 2.33. The molecule has 0 atom stereocenters. The summed E-state index contributed by atoms with van der Waals surface area (Å²) in [5.41, 5.74) is 6.44. The Morgan fingerprint density at radius 2 is 2.05 bits per heavy atom. The van der Waals surface area contributed by atoms with Crippen LogP contribution in [0.5, 0.6) is 0 Å². The molecule has 1 amide bonds. The average molecular weight is 325 g/mol. The molecule has 0 aliphatic rings. The molecule has 2 aromatic rings. The zero-order valence-electron chi connectivity index (χ0n) is 11.9. The second-order valence-corrected chi connectivity index (χ2v) is 5.67. The predicted molar refractivity (Wildman–Crippen MR) is 82.1 cm³/mol. The van der Waals surface area contributed by atoms with Crippen LogP contribution in [0.2, 0.25) is 0 Å². The van der Waals surface area contributed by atoms with Gasteiger partial charge in [0.25, 0.3) is 12.3 Å². The smallest absolute Gasteiger partial charge is 0.273 e. The van der Waals surface area contributed by atoms with Gasteiger partial charge in [-0.3, -0.25) is 4.79 Å². The molecule has 118 valence electrons. The number of aromatic nitrogens is 1. The van der Waals surface area contributed by atoms with E-state index in [4.69, 9.17) is 5.73 Å². The fourth-order valence-electron chi connectivity index (χ4n) is 2.00. The summed E-state index contributed by atoms with van der Waals surface area (Å²) in [6.07, 6.45) is -2.01. The second kappa shape index (κ2) is 7.95. The van der Waals surface area contributed by atoms with Crippen LogP contribution < -0.4 is 5.73 Å². The highest BCUT2D eigenvalue weighted by molar-refractivity contribution is 7.09. The minimum atomic E-state index is -2.59. The lowest BCUT2D eigenvalue weighted by atomic mass is 10.2.